The second-order valence-electron chi connectivity index (χ2n) is 3.99. The highest BCUT2D eigenvalue weighted by Gasteiger charge is 2.12. The molecule has 0 amide bonds. The van der Waals surface area contributed by atoms with Gasteiger partial charge in [-0.1, -0.05) is 25.5 Å². The van der Waals surface area contributed by atoms with Crippen molar-refractivity contribution in [2.24, 2.45) is 0 Å². The van der Waals surface area contributed by atoms with E-state index in [1.54, 1.807) is 6.92 Å². The van der Waals surface area contributed by atoms with Crippen LogP contribution < -0.4 is 0 Å². The van der Waals surface area contributed by atoms with Crippen LogP contribution in [0.3, 0.4) is 0 Å². The number of para-hydroxylation sites is 2. The van der Waals surface area contributed by atoms with Gasteiger partial charge in [-0.3, -0.25) is 4.79 Å². The van der Waals surface area contributed by atoms with E-state index in [0.717, 1.165) is 30.4 Å². The molecule has 3 heteroatoms. The van der Waals surface area contributed by atoms with Gasteiger partial charge in [-0.25, -0.2) is 4.98 Å². The first kappa shape index (κ1) is 10.9. The predicted octanol–water partition coefficient (Wildman–Crippen LogP) is 3.04. The number of carbonyl (C=O) groups excluding carboxylic acids is 1. The number of fused-ring (bicyclic) bond motifs is 1. The number of carbonyl (C=O) groups is 1. The van der Waals surface area contributed by atoms with E-state index in [9.17, 15) is 4.79 Å². The molecule has 16 heavy (non-hydrogen) atoms. The van der Waals surface area contributed by atoms with Gasteiger partial charge in [-0.05, 0) is 18.6 Å². The summed E-state index contributed by atoms with van der Waals surface area (Å²) in [5.41, 5.74) is 1.96. The third-order valence-corrected chi connectivity index (χ3v) is 2.70. The SMILES string of the molecule is CCCCn1c(C(C)=O)nc2ccccc21. The summed E-state index contributed by atoms with van der Waals surface area (Å²) in [6, 6.07) is 7.90. The van der Waals surface area contributed by atoms with Gasteiger partial charge in [-0.15, -0.1) is 0 Å². The van der Waals surface area contributed by atoms with Crippen LogP contribution in [0.4, 0.5) is 0 Å². The van der Waals surface area contributed by atoms with E-state index in [0.29, 0.717) is 5.82 Å². The molecule has 1 heterocycles. The Balaban J connectivity index is 2.55. The molecule has 0 radical (unpaired) electrons. The molecule has 1 aromatic carbocycles. The molecule has 0 fully saturated rings. The lowest BCUT2D eigenvalue weighted by Crippen LogP contribution is -2.07. The van der Waals surface area contributed by atoms with Gasteiger partial charge in [0.25, 0.3) is 0 Å². The Morgan fingerprint density at radius 1 is 1.38 bits per heavy atom. The lowest BCUT2D eigenvalue weighted by molar-refractivity contribution is 0.1000. The zero-order valence-electron chi connectivity index (χ0n) is 9.73. The van der Waals surface area contributed by atoms with Gasteiger partial charge in [-0.2, -0.15) is 0 Å². The Hall–Kier alpha value is -1.64. The van der Waals surface area contributed by atoms with Crippen LogP contribution in [0.15, 0.2) is 24.3 Å². The first-order valence-corrected chi connectivity index (χ1v) is 5.70. The summed E-state index contributed by atoms with van der Waals surface area (Å²) in [6.07, 6.45) is 2.19. The fraction of sp³-hybridized carbons (Fsp3) is 0.385. The van der Waals surface area contributed by atoms with Gasteiger partial charge >= 0.3 is 0 Å². The molecule has 84 valence electrons. The normalized spacial score (nSPS) is 10.9. The number of hydrogen-bond acceptors (Lipinski definition) is 2. The van der Waals surface area contributed by atoms with E-state index < -0.39 is 0 Å². The highest BCUT2D eigenvalue weighted by atomic mass is 16.1. The Labute approximate surface area is 95.1 Å². The highest BCUT2D eigenvalue weighted by molar-refractivity contribution is 5.94. The number of ketones is 1. The average Bonchev–Trinajstić information content (AvgIpc) is 2.65. The van der Waals surface area contributed by atoms with Crippen LogP contribution in [0.25, 0.3) is 11.0 Å². The number of Topliss-reactive ketones (excluding diaryl/α,β-unsaturated/α-hetero) is 1. The monoisotopic (exact) mass is 216 g/mol. The van der Waals surface area contributed by atoms with E-state index in [1.807, 2.05) is 28.8 Å². The number of aromatic nitrogens is 2. The Morgan fingerprint density at radius 2 is 2.12 bits per heavy atom. The number of hydrogen-bond donors (Lipinski definition) is 0. The molecule has 0 aliphatic heterocycles. The van der Waals surface area contributed by atoms with Gasteiger partial charge in [0.2, 0.25) is 0 Å². The fourth-order valence-electron chi connectivity index (χ4n) is 1.89. The van der Waals surface area contributed by atoms with Crippen LogP contribution in [-0.2, 0) is 6.54 Å². The van der Waals surface area contributed by atoms with Gasteiger partial charge < -0.3 is 4.57 Å². The van der Waals surface area contributed by atoms with Crippen molar-refractivity contribution >= 4 is 16.8 Å². The smallest absolute Gasteiger partial charge is 0.195 e. The molecule has 2 aromatic rings. The summed E-state index contributed by atoms with van der Waals surface area (Å²) in [5, 5.41) is 0. The van der Waals surface area contributed by atoms with Crippen LogP contribution in [0.2, 0.25) is 0 Å². The number of benzene rings is 1. The second kappa shape index (κ2) is 4.47. The zero-order chi connectivity index (χ0) is 11.5. The third-order valence-electron chi connectivity index (χ3n) is 2.70. The fourth-order valence-corrected chi connectivity index (χ4v) is 1.89. The molecule has 2 rings (SSSR count). The Kier molecular flexibility index (Phi) is 3.04. The Morgan fingerprint density at radius 3 is 2.81 bits per heavy atom. The maximum absolute atomic E-state index is 11.5. The molecule has 0 spiro atoms. The first-order chi connectivity index (χ1) is 7.74. The summed E-state index contributed by atoms with van der Waals surface area (Å²) < 4.78 is 2.03. The molecule has 0 atom stereocenters. The minimum atomic E-state index is 0.0345. The van der Waals surface area contributed by atoms with E-state index in [2.05, 4.69) is 11.9 Å². The largest absolute Gasteiger partial charge is 0.322 e. The molecule has 0 aliphatic carbocycles. The minimum Gasteiger partial charge on any atom is -0.322 e. The van der Waals surface area contributed by atoms with Crippen LogP contribution in [0, 0.1) is 0 Å². The standard InChI is InChI=1S/C13H16N2O/c1-3-4-9-15-12-8-6-5-7-11(12)14-13(15)10(2)16/h5-8H,3-4,9H2,1-2H3. The van der Waals surface area contributed by atoms with Crippen molar-refractivity contribution in [1.82, 2.24) is 9.55 Å². The number of nitrogens with zero attached hydrogens (tertiary/aromatic N) is 2. The van der Waals surface area contributed by atoms with E-state index in [4.69, 9.17) is 0 Å². The Bertz CT molecular complexity index is 514. The summed E-state index contributed by atoms with van der Waals surface area (Å²) in [6.45, 7) is 4.59. The molecular formula is C13H16N2O. The topological polar surface area (TPSA) is 34.9 Å². The van der Waals surface area contributed by atoms with Crippen molar-refractivity contribution in [3.8, 4) is 0 Å². The number of imidazole rings is 1. The van der Waals surface area contributed by atoms with E-state index in [-0.39, 0.29) is 5.78 Å². The van der Waals surface area contributed by atoms with Crippen molar-refractivity contribution in [1.29, 1.82) is 0 Å². The lowest BCUT2D eigenvalue weighted by atomic mass is 10.3. The van der Waals surface area contributed by atoms with Crippen LogP contribution in [-0.4, -0.2) is 15.3 Å². The maximum Gasteiger partial charge on any atom is 0.195 e. The molecule has 3 nitrogen and oxygen atoms in total. The minimum absolute atomic E-state index is 0.0345. The molecule has 0 N–H and O–H groups in total. The molecule has 0 aliphatic rings. The second-order valence-corrected chi connectivity index (χ2v) is 3.99. The number of rotatable bonds is 4. The van der Waals surface area contributed by atoms with Crippen molar-refractivity contribution in [3.05, 3.63) is 30.1 Å². The molecule has 0 bridgehead atoms. The van der Waals surface area contributed by atoms with Crippen molar-refractivity contribution in [2.75, 3.05) is 0 Å². The van der Waals surface area contributed by atoms with Crippen LogP contribution in [0.5, 0.6) is 0 Å². The molecule has 1 aromatic heterocycles. The number of aryl methyl sites for hydroxylation is 1. The van der Waals surface area contributed by atoms with E-state index >= 15 is 0 Å². The predicted molar refractivity (Wildman–Crippen MR) is 64.6 cm³/mol. The van der Waals surface area contributed by atoms with Crippen molar-refractivity contribution in [2.45, 2.75) is 33.2 Å². The van der Waals surface area contributed by atoms with Crippen LogP contribution >= 0.6 is 0 Å². The van der Waals surface area contributed by atoms with Gasteiger partial charge in [0.05, 0.1) is 11.0 Å². The van der Waals surface area contributed by atoms with Gasteiger partial charge in [0, 0.05) is 13.5 Å². The van der Waals surface area contributed by atoms with Gasteiger partial charge in [0.15, 0.2) is 11.6 Å². The first-order valence-electron chi connectivity index (χ1n) is 5.70. The van der Waals surface area contributed by atoms with Gasteiger partial charge in [0.1, 0.15) is 0 Å². The summed E-state index contributed by atoms with van der Waals surface area (Å²) in [4.78, 5) is 15.9. The van der Waals surface area contributed by atoms with Crippen LogP contribution in [0.1, 0.15) is 37.3 Å². The van der Waals surface area contributed by atoms with Crippen molar-refractivity contribution < 1.29 is 4.79 Å². The van der Waals surface area contributed by atoms with Crippen molar-refractivity contribution in [3.63, 3.8) is 0 Å². The lowest BCUT2D eigenvalue weighted by Gasteiger charge is -2.05. The van der Waals surface area contributed by atoms with E-state index in [1.165, 1.54) is 0 Å². The molecular weight excluding hydrogens is 200 g/mol. The summed E-state index contributed by atoms with van der Waals surface area (Å²) in [7, 11) is 0. The summed E-state index contributed by atoms with van der Waals surface area (Å²) in [5.74, 6) is 0.613. The molecule has 0 saturated carbocycles. The maximum atomic E-state index is 11.5. The highest BCUT2D eigenvalue weighted by Crippen LogP contribution is 2.17. The molecule has 0 saturated heterocycles. The molecule has 0 unspecified atom stereocenters. The summed E-state index contributed by atoms with van der Waals surface area (Å²) >= 11 is 0. The zero-order valence-corrected chi connectivity index (χ0v) is 9.73. The average molecular weight is 216 g/mol. The third kappa shape index (κ3) is 1.85. The number of unbranched alkanes of at least 4 members (excludes halogenated alkanes) is 1. The quantitative estimate of drug-likeness (QED) is 0.736.